The van der Waals surface area contributed by atoms with E-state index in [4.69, 9.17) is 0 Å². The van der Waals surface area contributed by atoms with Gasteiger partial charge in [0.25, 0.3) is 5.91 Å². The molecule has 5 heteroatoms. The predicted molar refractivity (Wildman–Crippen MR) is 95.0 cm³/mol. The summed E-state index contributed by atoms with van der Waals surface area (Å²) in [5.41, 5.74) is 2.10. The Labute approximate surface area is 143 Å². The number of amides is 1. The van der Waals surface area contributed by atoms with Crippen LogP contribution in [0.2, 0.25) is 0 Å². The third-order valence-electron chi connectivity index (χ3n) is 4.28. The smallest absolute Gasteiger partial charge is 0.290 e. The van der Waals surface area contributed by atoms with Gasteiger partial charge in [-0.05, 0) is 24.1 Å². The molecule has 0 radical (unpaired) electrons. The standard InChI is InChI=1S/C19H26N2O3/c1-6-11-21-16(13-7-9-14(10-8-13)20(4)5)15(17(22)12(2)3)18(23)19(21)24/h7-10,12,16,23H,6,11H2,1-5H3. The molecule has 1 unspecified atom stereocenters. The van der Waals surface area contributed by atoms with Gasteiger partial charge in [0.2, 0.25) is 0 Å². The average molecular weight is 330 g/mol. The number of anilines is 1. The molecule has 1 atom stereocenters. The molecule has 1 amide bonds. The van der Waals surface area contributed by atoms with Gasteiger partial charge in [0.05, 0.1) is 11.6 Å². The van der Waals surface area contributed by atoms with Crippen LogP contribution in [0.1, 0.15) is 38.8 Å². The second-order valence-electron chi connectivity index (χ2n) is 6.67. The third kappa shape index (κ3) is 3.16. The highest BCUT2D eigenvalue weighted by Gasteiger charge is 2.43. The molecule has 0 saturated heterocycles. The molecule has 2 rings (SSSR count). The largest absolute Gasteiger partial charge is 0.503 e. The molecule has 0 aliphatic carbocycles. The van der Waals surface area contributed by atoms with Crippen molar-refractivity contribution in [3.05, 3.63) is 41.2 Å². The molecule has 130 valence electrons. The Morgan fingerprint density at radius 3 is 2.29 bits per heavy atom. The van der Waals surface area contributed by atoms with E-state index in [1.807, 2.05) is 50.2 Å². The van der Waals surface area contributed by atoms with Gasteiger partial charge in [-0.2, -0.15) is 0 Å². The molecule has 1 aliphatic rings. The van der Waals surface area contributed by atoms with Gasteiger partial charge in [-0.15, -0.1) is 0 Å². The summed E-state index contributed by atoms with van der Waals surface area (Å²) >= 11 is 0. The van der Waals surface area contributed by atoms with Gasteiger partial charge in [-0.1, -0.05) is 32.9 Å². The van der Waals surface area contributed by atoms with Crippen molar-refractivity contribution in [2.75, 3.05) is 25.5 Å². The number of hydrogen-bond acceptors (Lipinski definition) is 4. The van der Waals surface area contributed by atoms with E-state index in [9.17, 15) is 14.7 Å². The third-order valence-corrected chi connectivity index (χ3v) is 4.28. The molecular formula is C19H26N2O3. The topological polar surface area (TPSA) is 60.9 Å². The molecular weight excluding hydrogens is 304 g/mol. The van der Waals surface area contributed by atoms with E-state index in [0.717, 1.165) is 17.7 Å². The Morgan fingerprint density at radius 1 is 1.25 bits per heavy atom. The van der Waals surface area contributed by atoms with Crippen molar-refractivity contribution in [1.29, 1.82) is 0 Å². The summed E-state index contributed by atoms with van der Waals surface area (Å²) in [4.78, 5) is 28.6. The number of carbonyl (C=O) groups excluding carboxylic acids is 2. The van der Waals surface area contributed by atoms with Crippen LogP contribution in [0.15, 0.2) is 35.6 Å². The Bertz CT molecular complexity index is 660. The molecule has 0 aromatic heterocycles. The number of benzene rings is 1. The fraction of sp³-hybridized carbons (Fsp3) is 0.474. The van der Waals surface area contributed by atoms with E-state index in [-0.39, 0.29) is 17.3 Å². The normalized spacial score (nSPS) is 17.8. The zero-order valence-electron chi connectivity index (χ0n) is 15.0. The summed E-state index contributed by atoms with van der Waals surface area (Å²) in [7, 11) is 3.91. The number of aliphatic hydroxyl groups is 1. The predicted octanol–water partition coefficient (Wildman–Crippen LogP) is 3.08. The highest BCUT2D eigenvalue weighted by molar-refractivity contribution is 6.09. The van der Waals surface area contributed by atoms with Crippen molar-refractivity contribution in [2.24, 2.45) is 5.92 Å². The van der Waals surface area contributed by atoms with Crippen LogP contribution >= 0.6 is 0 Å². The lowest BCUT2D eigenvalue weighted by Crippen LogP contribution is -2.32. The number of ketones is 1. The number of carbonyl (C=O) groups is 2. The van der Waals surface area contributed by atoms with E-state index in [0.29, 0.717) is 6.54 Å². The summed E-state index contributed by atoms with van der Waals surface area (Å²) in [6.45, 7) is 6.03. The maximum atomic E-state index is 12.6. The fourth-order valence-corrected chi connectivity index (χ4v) is 2.99. The van der Waals surface area contributed by atoms with E-state index in [1.54, 1.807) is 18.7 Å². The molecule has 1 N–H and O–H groups in total. The van der Waals surface area contributed by atoms with Crippen LogP contribution in [0.5, 0.6) is 0 Å². The highest BCUT2D eigenvalue weighted by Crippen LogP contribution is 2.39. The van der Waals surface area contributed by atoms with E-state index in [1.165, 1.54) is 0 Å². The van der Waals surface area contributed by atoms with Crippen molar-refractivity contribution in [3.8, 4) is 0 Å². The minimum atomic E-state index is -0.511. The first-order valence-electron chi connectivity index (χ1n) is 8.35. The first-order chi connectivity index (χ1) is 11.3. The first kappa shape index (κ1) is 18.0. The molecule has 1 aliphatic heterocycles. The Hall–Kier alpha value is -2.30. The minimum absolute atomic E-state index is 0.180. The van der Waals surface area contributed by atoms with Gasteiger partial charge >= 0.3 is 0 Å². The van der Waals surface area contributed by atoms with Crippen molar-refractivity contribution in [2.45, 2.75) is 33.2 Å². The van der Waals surface area contributed by atoms with Gasteiger partial charge < -0.3 is 14.9 Å². The van der Waals surface area contributed by atoms with Crippen LogP contribution in [-0.4, -0.2) is 42.3 Å². The molecule has 5 nitrogen and oxygen atoms in total. The molecule has 0 fully saturated rings. The number of aliphatic hydroxyl groups excluding tert-OH is 1. The lowest BCUT2D eigenvalue weighted by molar-refractivity contribution is -0.129. The van der Waals surface area contributed by atoms with Crippen LogP contribution < -0.4 is 4.90 Å². The molecule has 1 heterocycles. The number of Topliss-reactive ketones (excluding diaryl/α,β-unsaturated/α-hetero) is 1. The maximum Gasteiger partial charge on any atom is 0.290 e. The summed E-state index contributed by atoms with van der Waals surface area (Å²) in [5.74, 6) is -1.31. The van der Waals surface area contributed by atoms with Crippen LogP contribution in [0, 0.1) is 5.92 Å². The van der Waals surface area contributed by atoms with E-state index in [2.05, 4.69) is 0 Å². The lowest BCUT2D eigenvalue weighted by atomic mass is 9.91. The highest BCUT2D eigenvalue weighted by atomic mass is 16.3. The molecule has 24 heavy (non-hydrogen) atoms. The van der Waals surface area contributed by atoms with Crippen LogP contribution in [-0.2, 0) is 9.59 Å². The van der Waals surface area contributed by atoms with Gasteiger partial charge in [0.15, 0.2) is 11.5 Å². The molecule has 0 bridgehead atoms. The summed E-state index contributed by atoms with van der Waals surface area (Å²) in [5, 5.41) is 10.3. The van der Waals surface area contributed by atoms with Crippen molar-refractivity contribution in [1.82, 2.24) is 4.90 Å². The zero-order chi connectivity index (χ0) is 18.0. The number of nitrogens with zero attached hydrogens (tertiary/aromatic N) is 2. The minimum Gasteiger partial charge on any atom is -0.503 e. The van der Waals surface area contributed by atoms with Crippen LogP contribution in [0.3, 0.4) is 0 Å². The molecule has 1 aromatic rings. The molecule has 0 saturated carbocycles. The summed E-state index contributed by atoms with van der Waals surface area (Å²) in [6.07, 6.45) is 0.758. The second-order valence-corrected chi connectivity index (χ2v) is 6.67. The Balaban J connectivity index is 2.51. The van der Waals surface area contributed by atoms with E-state index < -0.39 is 17.7 Å². The van der Waals surface area contributed by atoms with Gasteiger partial charge in [-0.25, -0.2) is 0 Å². The SMILES string of the molecule is CCCN1C(=O)C(O)=C(C(=O)C(C)C)C1c1ccc(N(C)C)cc1. The quantitative estimate of drug-likeness (QED) is 0.871. The summed E-state index contributed by atoms with van der Waals surface area (Å²) in [6, 6.07) is 7.24. The van der Waals surface area contributed by atoms with E-state index >= 15 is 0 Å². The van der Waals surface area contributed by atoms with Crippen LogP contribution in [0.4, 0.5) is 5.69 Å². The van der Waals surface area contributed by atoms with Crippen LogP contribution in [0.25, 0.3) is 0 Å². The van der Waals surface area contributed by atoms with Crippen molar-refractivity contribution < 1.29 is 14.7 Å². The van der Waals surface area contributed by atoms with Crippen molar-refractivity contribution in [3.63, 3.8) is 0 Å². The number of hydrogen-bond donors (Lipinski definition) is 1. The average Bonchev–Trinajstić information content (AvgIpc) is 2.79. The zero-order valence-corrected chi connectivity index (χ0v) is 15.0. The Kier molecular flexibility index (Phi) is 5.32. The Morgan fingerprint density at radius 2 is 1.83 bits per heavy atom. The maximum absolute atomic E-state index is 12.6. The lowest BCUT2D eigenvalue weighted by Gasteiger charge is -2.27. The fourth-order valence-electron chi connectivity index (χ4n) is 2.99. The molecule has 0 spiro atoms. The van der Waals surface area contributed by atoms with Gasteiger partial charge in [-0.3, -0.25) is 9.59 Å². The van der Waals surface area contributed by atoms with Gasteiger partial charge in [0, 0.05) is 32.2 Å². The van der Waals surface area contributed by atoms with Gasteiger partial charge in [0.1, 0.15) is 0 Å². The van der Waals surface area contributed by atoms with Crippen molar-refractivity contribution >= 4 is 17.4 Å². The second kappa shape index (κ2) is 7.07. The monoisotopic (exact) mass is 330 g/mol. The molecule has 1 aromatic carbocycles. The number of rotatable bonds is 6. The first-order valence-corrected chi connectivity index (χ1v) is 8.35. The summed E-state index contributed by atoms with van der Waals surface area (Å²) < 4.78 is 0.